The number of anilines is 6. The molecule has 0 fully saturated rings. The number of furan rings is 4. The summed E-state index contributed by atoms with van der Waals surface area (Å²) in [7, 11) is 0. The second-order valence-corrected chi connectivity index (χ2v) is 14.7. The summed E-state index contributed by atoms with van der Waals surface area (Å²) in [4.78, 5) is 4.56. The molecule has 0 bridgehead atoms. The SMILES string of the molecule is c1ccc(-c2c(N3c4cccc5c4B(c4oc6ccccc6c43)c3oc4ccccc4c3N5c3oc4ccccc4c3-c3ccccc3)oc3ccccc23)cc1. The minimum atomic E-state index is -0.373. The van der Waals surface area contributed by atoms with E-state index in [-0.39, 0.29) is 6.71 Å². The lowest BCUT2D eigenvalue weighted by Crippen LogP contribution is -2.60. The maximum atomic E-state index is 7.06. The molecule has 0 atom stereocenters. The van der Waals surface area contributed by atoms with Crippen LogP contribution in [0, 0.1) is 0 Å². The van der Waals surface area contributed by atoms with Crippen molar-refractivity contribution in [1.29, 1.82) is 0 Å². The molecule has 6 nitrogen and oxygen atoms in total. The average molecular weight is 733 g/mol. The zero-order chi connectivity index (χ0) is 37.2. The topological polar surface area (TPSA) is 59.0 Å². The first kappa shape index (κ1) is 30.7. The highest BCUT2D eigenvalue weighted by molar-refractivity contribution is 6.99. The van der Waals surface area contributed by atoms with Crippen molar-refractivity contribution in [2.24, 2.45) is 0 Å². The molecule has 4 aromatic heterocycles. The van der Waals surface area contributed by atoms with E-state index in [0.29, 0.717) is 0 Å². The largest absolute Gasteiger partial charge is 0.468 e. The maximum absolute atomic E-state index is 7.06. The van der Waals surface area contributed by atoms with Crippen LogP contribution in [0.2, 0.25) is 0 Å². The van der Waals surface area contributed by atoms with E-state index < -0.39 is 0 Å². The van der Waals surface area contributed by atoms with Crippen molar-refractivity contribution in [3.63, 3.8) is 0 Å². The van der Waals surface area contributed by atoms with Gasteiger partial charge in [-0.2, -0.15) is 0 Å². The summed E-state index contributed by atoms with van der Waals surface area (Å²) in [5.41, 5.74) is 13.8. The van der Waals surface area contributed by atoms with Gasteiger partial charge < -0.3 is 17.7 Å². The van der Waals surface area contributed by atoms with E-state index >= 15 is 0 Å². The van der Waals surface area contributed by atoms with E-state index in [2.05, 4.69) is 125 Å². The summed E-state index contributed by atoms with van der Waals surface area (Å²) in [6, 6.07) is 60.7. The van der Waals surface area contributed by atoms with E-state index in [1.54, 1.807) is 0 Å². The summed E-state index contributed by atoms with van der Waals surface area (Å²) in [6.45, 7) is -0.373. The average Bonchev–Trinajstić information content (AvgIpc) is 4.05. The summed E-state index contributed by atoms with van der Waals surface area (Å²) < 4.78 is 28.2. The van der Waals surface area contributed by atoms with Gasteiger partial charge in [-0.05, 0) is 65.1 Å². The lowest BCUT2D eigenvalue weighted by atomic mass is 9.37. The van der Waals surface area contributed by atoms with Gasteiger partial charge in [-0.1, -0.05) is 127 Å². The summed E-state index contributed by atoms with van der Waals surface area (Å²) in [6.07, 6.45) is 0. The third kappa shape index (κ3) is 4.15. The highest BCUT2D eigenvalue weighted by atomic mass is 16.4. The summed E-state index contributed by atoms with van der Waals surface area (Å²) in [5, 5.41) is 4.06. The molecule has 0 N–H and O–H groups in total. The first-order valence-electron chi connectivity index (χ1n) is 19.2. The molecule has 2 aliphatic heterocycles. The van der Waals surface area contributed by atoms with Crippen LogP contribution in [0.4, 0.5) is 34.5 Å². The zero-order valence-electron chi connectivity index (χ0n) is 30.3. The van der Waals surface area contributed by atoms with Crippen LogP contribution in [0.15, 0.2) is 194 Å². The van der Waals surface area contributed by atoms with Crippen molar-refractivity contribution in [2.75, 3.05) is 9.80 Å². The van der Waals surface area contributed by atoms with Crippen LogP contribution in [-0.2, 0) is 0 Å². The van der Waals surface area contributed by atoms with Gasteiger partial charge in [0, 0.05) is 32.9 Å². The molecule has 11 aromatic rings. The molecule has 0 amide bonds. The number of hydrogen-bond donors (Lipinski definition) is 0. The minimum Gasteiger partial charge on any atom is -0.468 e. The number of para-hydroxylation sites is 4. The Morgan fingerprint density at radius 1 is 0.333 bits per heavy atom. The van der Waals surface area contributed by atoms with Gasteiger partial charge in [0.1, 0.15) is 33.7 Å². The Morgan fingerprint density at radius 2 is 0.702 bits per heavy atom. The first-order valence-corrected chi connectivity index (χ1v) is 19.2. The number of nitrogens with zero attached hydrogens (tertiary/aromatic N) is 2. The molecule has 6 heterocycles. The molecule has 266 valence electrons. The van der Waals surface area contributed by atoms with E-state index in [1.165, 1.54) is 0 Å². The Balaban J connectivity index is 1.18. The summed E-state index contributed by atoms with van der Waals surface area (Å²) >= 11 is 0. The molecule has 0 saturated carbocycles. The Hall–Kier alpha value is -7.64. The first-order chi connectivity index (χ1) is 28.3. The monoisotopic (exact) mass is 732 g/mol. The van der Waals surface area contributed by atoms with Gasteiger partial charge in [-0.3, -0.25) is 9.80 Å². The van der Waals surface area contributed by atoms with E-state index in [1.807, 2.05) is 60.7 Å². The van der Waals surface area contributed by atoms with E-state index in [9.17, 15) is 0 Å². The van der Waals surface area contributed by atoms with Crippen molar-refractivity contribution < 1.29 is 17.7 Å². The third-order valence-electron chi connectivity index (χ3n) is 11.7. The molecule has 2 aliphatic rings. The highest BCUT2D eigenvalue weighted by Gasteiger charge is 2.51. The van der Waals surface area contributed by atoms with Crippen molar-refractivity contribution in [2.45, 2.75) is 0 Å². The number of rotatable bonds is 4. The van der Waals surface area contributed by atoms with Crippen LogP contribution in [0.3, 0.4) is 0 Å². The molecule has 0 unspecified atom stereocenters. The molecule has 7 heteroatoms. The molecule has 0 radical (unpaired) electrons. The molecule has 13 rings (SSSR count). The van der Waals surface area contributed by atoms with Crippen molar-refractivity contribution in [1.82, 2.24) is 0 Å². The third-order valence-corrected chi connectivity index (χ3v) is 11.7. The van der Waals surface area contributed by atoms with Gasteiger partial charge in [-0.25, -0.2) is 0 Å². The van der Waals surface area contributed by atoms with Gasteiger partial charge in [0.15, 0.2) is 0 Å². The Kier molecular flexibility index (Phi) is 6.16. The van der Waals surface area contributed by atoms with E-state index in [4.69, 9.17) is 17.7 Å². The minimum absolute atomic E-state index is 0.373. The van der Waals surface area contributed by atoms with Gasteiger partial charge in [0.05, 0.1) is 22.5 Å². The van der Waals surface area contributed by atoms with E-state index in [0.717, 1.165) is 117 Å². The lowest BCUT2D eigenvalue weighted by Gasteiger charge is -2.39. The van der Waals surface area contributed by atoms with Crippen LogP contribution in [-0.4, -0.2) is 6.71 Å². The molecule has 0 aliphatic carbocycles. The summed E-state index contributed by atoms with van der Waals surface area (Å²) in [5.74, 6) is 1.44. The van der Waals surface area contributed by atoms with Crippen LogP contribution >= 0.6 is 0 Å². The normalized spacial score (nSPS) is 13.2. The molecule has 57 heavy (non-hydrogen) atoms. The van der Waals surface area contributed by atoms with Gasteiger partial charge >= 0.3 is 6.71 Å². The quantitative estimate of drug-likeness (QED) is 0.168. The number of hydrogen-bond acceptors (Lipinski definition) is 6. The maximum Gasteiger partial charge on any atom is 0.342 e. The standard InChI is InChI=1S/C50H29BN2O4/c1-3-16-30(17-4-1)42-32-20-7-11-26-38(32)56-49(42)52-36-24-15-25-37-44(36)51(47-45(52)34-22-9-13-28-40(34)54-47)48-46(35-23-10-14-29-41(35)55-48)53(37)50-43(31-18-5-2-6-19-31)33-21-8-12-27-39(33)57-50/h1-29H. The number of fused-ring (bicyclic) bond motifs is 10. The van der Waals surface area contributed by atoms with Gasteiger partial charge in [-0.15, -0.1) is 0 Å². The predicted molar refractivity (Wildman–Crippen MR) is 230 cm³/mol. The molecule has 0 saturated heterocycles. The molecular weight excluding hydrogens is 703 g/mol. The highest BCUT2D eigenvalue weighted by Crippen LogP contribution is 2.54. The van der Waals surface area contributed by atoms with Crippen molar-refractivity contribution >= 4 is 102 Å². The predicted octanol–water partition coefficient (Wildman–Crippen LogP) is 12.1. The molecule has 7 aromatic carbocycles. The van der Waals surface area contributed by atoms with Gasteiger partial charge in [0.25, 0.3) is 0 Å². The van der Waals surface area contributed by atoms with Crippen LogP contribution < -0.4 is 26.6 Å². The van der Waals surface area contributed by atoms with Crippen molar-refractivity contribution in [3.8, 4) is 22.3 Å². The smallest absolute Gasteiger partial charge is 0.342 e. The number of benzene rings is 7. The zero-order valence-corrected chi connectivity index (χ0v) is 30.3. The van der Waals surface area contributed by atoms with Crippen molar-refractivity contribution in [3.05, 3.63) is 176 Å². The Bertz CT molecular complexity index is 3170. The second-order valence-electron chi connectivity index (χ2n) is 14.7. The fourth-order valence-corrected chi connectivity index (χ4v) is 9.37. The van der Waals surface area contributed by atoms with Crippen LogP contribution in [0.1, 0.15) is 0 Å². The fourth-order valence-electron chi connectivity index (χ4n) is 9.37. The Labute approximate surface area is 326 Å². The fraction of sp³-hybridized carbons (Fsp3) is 0. The van der Waals surface area contributed by atoms with Gasteiger partial charge in [0.2, 0.25) is 11.8 Å². The van der Waals surface area contributed by atoms with Crippen LogP contribution in [0.25, 0.3) is 66.1 Å². The lowest BCUT2D eigenvalue weighted by molar-refractivity contribution is 0.615. The molecular formula is C50H29BN2O4. The van der Waals surface area contributed by atoms with Crippen LogP contribution in [0.5, 0.6) is 0 Å². The second kappa shape index (κ2) is 11.4. The molecule has 0 spiro atoms. The Morgan fingerprint density at radius 3 is 1.14 bits per heavy atom.